The van der Waals surface area contributed by atoms with E-state index in [1.165, 1.54) is 10.7 Å². The molecule has 0 fully saturated rings. The van der Waals surface area contributed by atoms with E-state index >= 15 is 0 Å². The molecule has 0 aliphatic rings. The van der Waals surface area contributed by atoms with Crippen molar-refractivity contribution >= 4 is 11.3 Å². The molecule has 0 aliphatic heterocycles. The summed E-state index contributed by atoms with van der Waals surface area (Å²) in [5.41, 5.74) is 7.04. The number of hydrogen-bond donors (Lipinski definition) is 1. The highest BCUT2D eigenvalue weighted by molar-refractivity contribution is 7.09. The Morgan fingerprint density at radius 1 is 1.54 bits per heavy atom. The van der Waals surface area contributed by atoms with Crippen molar-refractivity contribution in [3.8, 4) is 0 Å². The number of nitrogens with two attached hydrogens (primary N) is 1. The number of thiazole rings is 1. The maximum atomic E-state index is 5.67. The lowest BCUT2D eigenvalue weighted by molar-refractivity contribution is 0.373. The monoisotopic (exact) mass is 198 g/mol. The van der Waals surface area contributed by atoms with Gasteiger partial charge in [0.05, 0.1) is 10.7 Å². The van der Waals surface area contributed by atoms with Crippen molar-refractivity contribution in [3.05, 3.63) is 16.1 Å². The molecule has 1 aromatic heterocycles. The number of aryl methyl sites for hydroxylation is 1. The summed E-state index contributed by atoms with van der Waals surface area (Å²) in [5, 5.41) is 3.37. The molecular weight excluding hydrogens is 180 g/mol. The summed E-state index contributed by atoms with van der Waals surface area (Å²) in [6.45, 7) is 7.21. The van der Waals surface area contributed by atoms with Crippen molar-refractivity contribution < 1.29 is 0 Å². The summed E-state index contributed by atoms with van der Waals surface area (Å²) in [6, 6.07) is 0. The molecule has 3 heteroatoms. The van der Waals surface area contributed by atoms with Gasteiger partial charge >= 0.3 is 0 Å². The molecular formula is C10H18N2S. The van der Waals surface area contributed by atoms with Crippen LogP contribution in [0.2, 0.25) is 0 Å². The highest BCUT2D eigenvalue weighted by Crippen LogP contribution is 2.21. The molecule has 1 rings (SSSR count). The molecule has 0 aliphatic carbocycles. The molecule has 74 valence electrons. The largest absolute Gasteiger partial charge is 0.330 e. The van der Waals surface area contributed by atoms with Crippen LogP contribution < -0.4 is 5.73 Å². The van der Waals surface area contributed by atoms with Crippen molar-refractivity contribution in [3.63, 3.8) is 0 Å². The van der Waals surface area contributed by atoms with Gasteiger partial charge in [-0.1, -0.05) is 20.8 Å². The van der Waals surface area contributed by atoms with E-state index in [-0.39, 0.29) is 5.41 Å². The van der Waals surface area contributed by atoms with Crippen molar-refractivity contribution in [2.75, 3.05) is 6.54 Å². The molecule has 0 amide bonds. The van der Waals surface area contributed by atoms with E-state index in [0.717, 1.165) is 12.8 Å². The van der Waals surface area contributed by atoms with Gasteiger partial charge in [0, 0.05) is 5.38 Å². The van der Waals surface area contributed by atoms with E-state index in [1.54, 1.807) is 11.3 Å². The highest BCUT2D eigenvalue weighted by atomic mass is 32.1. The third kappa shape index (κ3) is 3.08. The van der Waals surface area contributed by atoms with Gasteiger partial charge in [-0.2, -0.15) is 0 Å². The van der Waals surface area contributed by atoms with E-state index in [9.17, 15) is 0 Å². The van der Waals surface area contributed by atoms with Gasteiger partial charge in [0.1, 0.15) is 0 Å². The molecule has 0 aromatic carbocycles. The van der Waals surface area contributed by atoms with Crippen LogP contribution in [0.4, 0.5) is 0 Å². The van der Waals surface area contributed by atoms with Crippen LogP contribution >= 0.6 is 11.3 Å². The van der Waals surface area contributed by atoms with E-state index in [1.807, 2.05) is 0 Å². The maximum absolute atomic E-state index is 5.67. The average molecular weight is 198 g/mol. The number of nitrogens with zero attached hydrogens (tertiary/aromatic N) is 1. The molecule has 2 nitrogen and oxygen atoms in total. The summed E-state index contributed by atoms with van der Waals surface area (Å²) in [6.07, 6.45) is 2.02. The summed E-state index contributed by atoms with van der Waals surface area (Å²) in [7, 11) is 0. The SMILES string of the molecule is CCc1nc(CC(C)(C)CN)cs1. The number of aromatic nitrogens is 1. The fourth-order valence-electron chi connectivity index (χ4n) is 1.15. The van der Waals surface area contributed by atoms with Gasteiger partial charge in [-0.3, -0.25) is 0 Å². The zero-order valence-corrected chi connectivity index (χ0v) is 9.45. The third-order valence-electron chi connectivity index (χ3n) is 2.11. The van der Waals surface area contributed by atoms with Crippen LogP contribution in [-0.4, -0.2) is 11.5 Å². The highest BCUT2D eigenvalue weighted by Gasteiger charge is 2.17. The lowest BCUT2D eigenvalue weighted by Crippen LogP contribution is -2.26. The molecule has 0 radical (unpaired) electrons. The average Bonchev–Trinajstić information content (AvgIpc) is 2.52. The molecule has 13 heavy (non-hydrogen) atoms. The predicted octanol–water partition coefficient (Wildman–Crippen LogP) is 2.23. The first-order chi connectivity index (χ1) is 6.07. The van der Waals surface area contributed by atoms with Crippen LogP contribution in [-0.2, 0) is 12.8 Å². The van der Waals surface area contributed by atoms with E-state index < -0.39 is 0 Å². The molecule has 2 N–H and O–H groups in total. The van der Waals surface area contributed by atoms with Crippen molar-refractivity contribution in [2.45, 2.75) is 33.6 Å². The number of hydrogen-bond acceptors (Lipinski definition) is 3. The third-order valence-corrected chi connectivity index (χ3v) is 3.16. The van der Waals surface area contributed by atoms with Crippen molar-refractivity contribution in [2.24, 2.45) is 11.1 Å². The van der Waals surface area contributed by atoms with Crippen LogP contribution in [0.25, 0.3) is 0 Å². The van der Waals surface area contributed by atoms with E-state index in [2.05, 4.69) is 31.1 Å². The Morgan fingerprint density at radius 2 is 2.23 bits per heavy atom. The fraction of sp³-hybridized carbons (Fsp3) is 0.700. The smallest absolute Gasteiger partial charge is 0.0925 e. The zero-order chi connectivity index (χ0) is 9.90. The van der Waals surface area contributed by atoms with Gasteiger partial charge in [-0.05, 0) is 24.8 Å². The minimum atomic E-state index is 0.180. The summed E-state index contributed by atoms with van der Waals surface area (Å²) in [4.78, 5) is 4.52. The van der Waals surface area contributed by atoms with Crippen LogP contribution in [0.3, 0.4) is 0 Å². The first kappa shape index (κ1) is 10.7. The second-order valence-corrected chi connectivity index (χ2v) is 5.07. The molecule has 1 aromatic rings. The van der Waals surface area contributed by atoms with Gasteiger partial charge in [0.15, 0.2) is 0 Å². The van der Waals surface area contributed by atoms with E-state index in [4.69, 9.17) is 5.73 Å². The maximum Gasteiger partial charge on any atom is 0.0925 e. The van der Waals surface area contributed by atoms with Crippen LogP contribution in [0.15, 0.2) is 5.38 Å². The molecule has 0 unspecified atom stereocenters. The Bertz CT molecular complexity index is 266. The summed E-state index contributed by atoms with van der Waals surface area (Å²) < 4.78 is 0. The van der Waals surface area contributed by atoms with Gasteiger partial charge in [-0.15, -0.1) is 11.3 Å². The van der Waals surface area contributed by atoms with E-state index in [0.29, 0.717) is 6.54 Å². The normalized spacial score (nSPS) is 12.0. The Morgan fingerprint density at radius 3 is 2.69 bits per heavy atom. The van der Waals surface area contributed by atoms with Gasteiger partial charge in [0.25, 0.3) is 0 Å². The Balaban J connectivity index is 2.63. The minimum absolute atomic E-state index is 0.180. The van der Waals surface area contributed by atoms with Gasteiger partial charge in [-0.25, -0.2) is 4.98 Å². The molecule has 0 saturated carbocycles. The van der Waals surface area contributed by atoms with Crippen LogP contribution in [0, 0.1) is 5.41 Å². The Hall–Kier alpha value is -0.410. The van der Waals surface area contributed by atoms with Gasteiger partial charge in [0.2, 0.25) is 0 Å². The second-order valence-electron chi connectivity index (χ2n) is 4.13. The first-order valence-corrected chi connectivity index (χ1v) is 5.58. The molecule has 0 bridgehead atoms. The number of rotatable bonds is 4. The molecule has 0 atom stereocenters. The first-order valence-electron chi connectivity index (χ1n) is 4.71. The Labute approximate surface area is 84.2 Å². The predicted molar refractivity (Wildman–Crippen MR) is 58.0 cm³/mol. The lowest BCUT2D eigenvalue weighted by atomic mass is 9.88. The summed E-state index contributed by atoms with van der Waals surface area (Å²) >= 11 is 1.75. The van der Waals surface area contributed by atoms with Crippen molar-refractivity contribution in [1.29, 1.82) is 0 Å². The second kappa shape index (κ2) is 4.20. The van der Waals surface area contributed by atoms with Crippen LogP contribution in [0.1, 0.15) is 31.5 Å². The topological polar surface area (TPSA) is 38.9 Å². The Kier molecular flexibility index (Phi) is 3.45. The molecule has 0 spiro atoms. The van der Waals surface area contributed by atoms with Gasteiger partial charge < -0.3 is 5.73 Å². The van der Waals surface area contributed by atoms with Crippen LogP contribution in [0.5, 0.6) is 0 Å². The molecule has 1 heterocycles. The standard InChI is InChI=1S/C10H18N2S/c1-4-9-12-8(6-13-9)5-10(2,3)7-11/h6H,4-5,7,11H2,1-3H3. The molecule has 0 saturated heterocycles. The van der Waals surface area contributed by atoms with Crippen molar-refractivity contribution in [1.82, 2.24) is 4.98 Å². The zero-order valence-electron chi connectivity index (χ0n) is 8.63. The minimum Gasteiger partial charge on any atom is -0.330 e. The quantitative estimate of drug-likeness (QED) is 0.805. The summed E-state index contributed by atoms with van der Waals surface area (Å²) in [5.74, 6) is 0. The lowest BCUT2D eigenvalue weighted by Gasteiger charge is -2.20. The fourth-order valence-corrected chi connectivity index (χ4v) is 1.90.